The van der Waals surface area contributed by atoms with E-state index in [-0.39, 0.29) is 0 Å². The molecule has 4 heteroatoms. The van der Waals surface area contributed by atoms with Gasteiger partial charge in [-0.25, -0.2) is 0 Å². The van der Waals surface area contributed by atoms with Gasteiger partial charge in [-0.15, -0.1) is 5.10 Å². The first-order valence-corrected chi connectivity index (χ1v) is 8.32. The largest absolute Gasteiger partial charge is 0.259 e. The molecule has 1 aliphatic carbocycles. The Hall–Kier alpha value is -1.97. The van der Waals surface area contributed by atoms with Crippen molar-refractivity contribution in [3.05, 3.63) is 30.5 Å². The summed E-state index contributed by atoms with van der Waals surface area (Å²) in [4.78, 5) is 0. The first kappa shape index (κ1) is 14.9. The summed E-state index contributed by atoms with van der Waals surface area (Å²) in [7, 11) is 0. The second-order valence-corrected chi connectivity index (χ2v) is 6.28. The fraction of sp³-hybridized carbons (Fsp3) is 0.500. The Morgan fingerprint density at radius 3 is 2.91 bits per heavy atom. The number of aromatic nitrogens is 2. The SMILES string of the molecule is CC(CCC1CCCCC1)=NNc1nncc2ccccc12. The summed E-state index contributed by atoms with van der Waals surface area (Å²) < 4.78 is 0. The molecule has 1 aliphatic rings. The van der Waals surface area contributed by atoms with E-state index in [4.69, 9.17) is 0 Å². The first-order valence-electron chi connectivity index (χ1n) is 8.32. The number of nitrogens with one attached hydrogen (secondary N) is 1. The fourth-order valence-electron chi connectivity index (χ4n) is 3.20. The van der Waals surface area contributed by atoms with Gasteiger partial charge in [0.05, 0.1) is 6.20 Å². The zero-order valence-electron chi connectivity index (χ0n) is 13.3. The van der Waals surface area contributed by atoms with Crippen LogP contribution in [-0.2, 0) is 0 Å². The van der Waals surface area contributed by atoms with E-state index >= 15 is 0 Å². The number of fused-ring (bicyclic) bond motifs is 1. The van der Waals surface area contributed by atoms with E-state index in [2.05, 4.69) is 27.6 Å². The molecule has 116 valence electrons. The Morgan fingerprint density at radius 2 is 2.05 bits per heavy atom. The van der Waals surface area contributed by atoms with Crippen molar-refractivity contribution >= 4 is 22.3 Å². The third-order valence-electron chi connectivity index (χ3n) is 4.56. The van der Waals surface area contributed by atoms with Gasteiger partial charge in [0.25, 0.3) is 0 Å². The molecule has 0 radical (unpaired) electrons. The molecule has 1 heterocycles. The van der Waals surface area contributed by atoms with Crippen molar-refractivity contribution in [3.8, 4) is 0 Å². The number of hydrogen-bond donors (Lipinski definition) is 1. The molecule has 0 amide bonds. The first-order chi connectivity index (χ1) is 10.8. The summed E-state index contributed by atoms with van der Waals surface area (Å²) in [5.41, 5.74) is 4.23. The number of anilines is 1. The number of hydrogen-bond acceptors (Lipinski definition) is 4. The molecule has 1 N–H and O–H groups in total. The average Bonchev–Trinajstić information content (AvgIpc) is 2.59. The Kier molecular flexibility index (Phi) is 4.99. The van der Waals surface area contributed by atoms with Crippen LogP contribution in [0.1, 0.15) is 51.9 Å². The Labute approximate surface area is 132 Å². The number of nitrogens with zero attached hydrogens (tertiary/aromatic N) is 3. The van der Waals surface area contributed by atoms with E-state index in [0.717, 1.165) is 34.6 Å². The van der Waals surface area contributed by atoms with Crippen LogP contribution in [0, 0.1) is 5.92 Å². The highest BCUT2D eigenvalue weighted by Gasteiger charge is 2.13. The average molecular weight is 296 g/mol. The molecule has 1 aromatic heterocycles. The van der Waals surface area contributed by atoms with E-state index in [1.807, 2.05) is 24.3 Å². The molecule has 2 aromatic rings. The molecular weight excluding hydrogens is 272 g/mol. The van der Waals surface area contributed by atoms with E-state index in [1.54, 1.807) is 6.20 Å². The lowest BCUT2D eigenvalue weighted by molar-refractivity contribution is 0.343. The zero-order chi connectivity index (χ0) is 15.2. The summed E-state index contributed by atoms with van der Waals surface area (Å²) >= 11 is 0. The van der Waals surface area contributed by atoms with Crippen molar-refractivity contribution in [1.29, 1.82) is 0 Å². The van der Waals surface area contributed by atoms with Crippen molar-refractivity contribution in [1.82, 2.24) is 10.2 Å². The van der Waals surface area contributed by atoms with Gasteiger partial charge in [-0.1, -0.05) is 56.4 Å². The van der Waals surface area contributed by atoms with Crippen molar-refractivity contribution in [2.75, 3.05) is 5.43 Å². The number of benzene rings is 1. The molecule has 0 bridgehead atoms. The summed E-state index contributed by atoms with van der Waals surface area (Å²) in [6.07, 6.45) is 11.1. The maximum atomic E-state index is 4.49. The van der Waals surface area contributed by atoms with Crippen LogP contribution in [0.3, 0.4) is 0 Å². The minimum atomic E-state index is 0.732. The van der Waals surface area contributed by atoms with Gasteiger partial charge in [0.2, 0.25) is 0 Å². The topological polar surface area (TPSA) is 50.2 Å². The third kappa shape index (κ3) is 3.81. The second kappa shape index (κ2) is 7.34. The smallest absolute Gasteiger partial charge is 0.176 e. The van der Waals surface area contributed by atoms with Crippen LogP contribution in [0.15, 0.2) is 35.6 Å². The van der Waals surface area contributed by atoms with Gasteiger partial charge in [-0.2, -0.15) is 10.2 Å². The van der Waals surface area contributed by atoms with Gasteiger partial charge in [-0.05, 0) is 25.7 Å². The molecule has 1 fully saturated rings. The lowest BCUT2D eigenvalue weighted by Crippen LogP contribution is -2.08. The van der Waals surface area contributed by atoms with E-state index in [1.165, 1.54) is 38.5 Å². The van der Waals surface area contributed by atoms with Crippen molar-refractivity contribution in [2.24, 2.45) is 11.0 Å². The van der Waals surface area contributed by atoms with Gasteiger partial charge < -0.3 is 0 Å². The lowest BCUT2D eigenvalue weighted by atomic mass is 9.86. The molecule has 0 aliphatic heterocycles. The van der Waals surface area contributed by atoms with Crippen molar-refractivity contribution in [3.63, 3.8) is 0 Å². The summed E-state index contributed by atoms with van der Waals surface area (Å²) in [5.74, 6) is 1.63. The van der Waals surface area contributed by atoms with Crippen molar-refractivity contribution in [2.45, 2.75) is 51.9 Å². The van der Waals surface area contributed by atoms with E-state index in [0.29, 0.717) is 0 Å². The van der Waals surface area contributed by atoms with Crippen LogP contribution >= 0.6 is 0 Å². The molecule has 0 spiro atoms. The van der Waals surface area contributed by atoms with Gasteiger partial charge in [0.1, 0.15) is 0 Å². The maximum Gasteiger partial charge on any atom is 0.176 e. The monoisotopic (exact) mass is 296 g/mol. The van der Waals surface area contributed by atoms with Crippen molar-refractivity contribution < 1.29 is 0 Å². The molecular formula is C18H24N4. The molecule has 0 saturated heterocycles. The highest BCUT2D eigenvalue weighted by Crippen LogP contribution is 2.27. The molecule has 4 nitrogen and oxygen atoms in total. The predicted octanol–water partition coefficient (Wildman–Crippen LogP) is 4.78. The number of hydrazone groups is 1. The van der Waals surface area contributed by atoms with Crippen LogP contribution < -0.4 is 5.43 Å². The third-order valence-corrected chi connectivity index (χ3v) is 4.56. The van der Waals surface area contributed by atoms with E-state index < -0.39 is 0 Å². The van der Waals surface area contributed by atoms with E-state index in [9.17, 15) is 0 Å². The van der Waals surface area contributed by atoms with Crippen LogP contribution in [0.2, 0.25) is 0 Å². The molecule has 0 atom stereocenters. The summed E-state index contributed by atoms with van der Waals surface area (Å²) in [6.45, 7) is 2.09. The Balaban J connectivity index is 1.59. The molecule has 22 heavy (non-hydrogen) atoms. The predicted molar refractivity (Wildman–Crippen MR) is 92.1 cm³/mol. The molecule has 1 aromatic carbocycles. The second-order valence-electron chi connectivity index (χ2n) is 6.28. The van der Waals surface area contributed by atoms with Crippen LogP contribution in [0.25, 0.3) is 10.8 Å². The normalized spacial score (nSPS) is 16.9. The summed E-state index contributed by atoms with van der Waals surface area (Å²) in [5, 5.41) is 14.8. The minimum absolute atomic E-state index is 0.732. The lowest BCUT2D eigenvalue weighted by Gasteiger charge is -2.21. The van der Waals surface area contributed by atoms with Crippen LogP contribution in [0.5, 0.6) is 0 Å². The minimum Gasteiger partial charge on any atom is -0.259 e. The van der Waals surface area contributed by atoms with Gasteiger partial charge in [0.15, 0.2) is 5.82 Å². The molecule has 0 unspecified atom stereocenters. The Morgan fingerprint density at radius 1 is 1.23 bits per heavy atom. The van der Waals surface area contributed by atoms with Gasteiger partial charge >= 0.3 is 0 Å². The zero-order valence-corrected chi connectivity index (χ0v) is 13.3. The standard InChI is InChI=1S/C18H24N4/c1-14(11-12-15-7-3-2-4-8-15)20-22-18-17-10-6-5-9-16(17)13-19-21-18/h5-6,9-10,13,15H,2-4,7-8,11-12H2,1H3,(H,21,22). The highest BCUT2D eigenvalue weighted by molar-refractivity contribution is 5.91. The van der Waals surface area contributed by atoms with Crippen LogP contribution in [0.4, 0.5) is 5.82 Å². The van der Waals surface area contributed by atoms with Gasteiger partial charge in [-0.3, -0.25) is 5.43 Å². The Bertz CT molecular complexity index is 639. The van der Waals surface area contributed by atoms with Gasteiger partial charge in [0, 0.05) is 16.5 Å². The molecule has 3 rings (SSSR count). The highest BCUT2D eigenvalue weighted by atomic mass is 15.3. The molecule has 1 saturated carbocycles. The summed E-state index contributed by atoms with van der Waals surface area (Å²) in [6, 6.07) is 8.09. The quantitative estimate of drug-likeness (QED) is 0.638. The number of rotatable bonds is 5. The fourth-order valence-corrected chi connectivity index (χ4v) is 3.20. The maximum absolute atomic E-state index is 4.49. The van der Waals surface area contributed by atoms with Crippen LogP contribution in [-0.4, -0.2) is 15.9 Å².